The first kappa shape index (κ1) is 15.1. The third kappa shape index (κ3) is 4.96. The van der Waals surface area contributed by atoms with Gasteiger partial charge in [0.15, 0.2) is 0 Å². The summed E-state index contributed by atoms with van der Waals surface area (Å²) in [5, 5.41) is 0. The summed E-state index contributed by atoms with van der Waals surface area (Å²) in [6.45, 7) is 4.13. The van der Waals surface area contributed by atoms with Gasteiger partial charge in [0.2, 0.25) is 0 Å². The first-order chi connectivity index (χ1) is 10.4. The van der Waals surface area contributed by atoms with Gasteiger partial charge in [-0.25, -0.2) is 0 Å². The first-order valence-electron chi connectivity index (χ1n) is 7.39. The van der Waals surface area contributed by atoms with Crippen LogP contribution in [0.15, 0.2) is 85.7 Å². The van der Waals surface area contributed by atoms with Crippen LogP contribution >= 0.6 is 0 Å². The molecule has 0 N–H and O–H groups in total. The van der Waals surface area contributed by atoms with E-state index in [-0.39, 0.29) is 0 Å². The quantitative estimate of drug-likeness (QED) is 0.361. The molecule has 1 nitrogen and oxygen atoms in total. The standard InChI is InChI=1S/C20H22O/c1-2-21-17-11-5-10-16-20(18-12-6-3-7-13-18)19-14-8-4-9-15-19/h2-9,11-15,20H,1,10,16-17H2/b11-5-. The van der Waals surface area contributed by atoms with Gasteiger partial charge in [-0.15, -0.1) is 0 Å². The molecule has 0 atom stereocenters. The third-order valence-electron chi connectivity index (χ3n) is 3.50. The molecule has 0 unspecified atom stereocenters. The summed E-state index contributed by atoms with van der Waals surface area (Å²) < 4.78 is 5.09. The fraction of sp³-hybridized carbons (Fsp3) is 0.200. The maximum atomic E-state index is 5.09. The Morgan fingerprint density at radius 1 is 0.857 bits per heavy atom. The van der Waals surface area contributed by atoms with Crippen LogP contribution < -0.4 is 0 Å². The predicted octanol–water partition coefficient (Wildman–Crippen LogP) is 5.32. The zero-order valence-electron chi connectivity index (χ0n) is 12.3. The summed E-state index contributed by atoms with van der Waals surface area (Å²) in [5.74, 6) is 0.442. The van der Waals surface area contributed by atoms with Crippen LogP contribution in [0.4, 0.5) is 0 Å². The van der Waals surface area contributed by atoms with Crippen molar-refractivity contribution >= 4 is 0 Å². The largest absolute Gasteiger partial charge is 0.498 e. The van der Waals surface area contributed by atoms with Crippen molar-refractivity contribution in [3.8, 4) is 0 Å². The number of hydrogen-bond donors (Lipinski definition) is 0. The van der Waals surface area contributed by atoms with Gasteiger partial charge in [-0.1, -0.05) is 79.4 Å². The summed E-state index contributed by atoms with van der Waals surface area (Å²) in [7, 11) is 0. The molecule has 0 saturated carbocycles. The normalized spacial score (nSPS) is 10.9. The topological polar surface area (TPSA) is 9.23 Å². The van der Waals surface area contributed by atoms with E-state index in [0.29, 0.717) is 12.5 Å². The van der Waals surface area contributed by atoms with Crippen LogP contribution in [0, 0.1) is 0 Å². The second kappa shape index (κ2) is 8.80. The minimum absolute atomic E-state index is 0.442. The van der Waals surface area contributed by atoms with Crippen molar-refractivity contribution in [2.24, 2.45) is 0 Å². The molecule has 0 radical (unpaired) electrons. The molecular weight excluding hydrogens is 256 g/mol. The Hall–Kier alpha value is -2.28. The fourth-order valence-electron chi connectivity index (χ4n) is 2.47. The minimum Gasteiger partial charge on any atom is -0.498 e. The average Bonchev–Trinajstić information content (AvgIpc) is 2.56. The average molecular weight is 278 g/mol. The first-order valence-corrected chi connectivity index (χ1v) is 7.39. The molecule has 0 heterocycles. The molecule has 0 aromatic heterocycles. The van der Waals surface area contributed by atoms with Crippen LogP contribution in [-0.2, 0) is 4.74 Å². The van der Waals surface area contributed by atoms with Crippen molar-refractivity contribution in [1.82, 2.24) is 0 Å². The zero-order valence-corrected chi connectivity index (χ0v) is 12.3. The van der Waals surface area contributed by atoms with Gasteiger partial charge in [0.25, 0.3) is 0 Å². The molecule has 0 aliphatic carbocycles. The van der Waals surface area contributed by atoms with Crippen LogP contribution in [0.25, 0.3) is 0 Å². The van der Waals surface area contributed by atoms with Gasteiger partial charge in [-0.05, 0) is 24.0 Å². The van der Waals surface area contributed by atoms with Crippen LogP contribution in [0.2, 0.25) is 0 Å². The molecule has 0 bridgehead atoms. The van der Waals surface area contributed by atoms with Crippen LogP contribution in [-0.4, -0.2) is 6.61 Å². The Bertz CT molecular complexity index is 503. The zero-order chi connectivity index (χ0) is 14.8. The predicted molar refractivity (Wildman–Crippen MR) is 89.3 cm³/mol. The molecule has 0 aliphatic rings. The van der Waals surface area contributed by atoms with Gasteiger partial charge in [-0.3, -0.25) is 0 Å². The second-order valence-corrected chi connectivity index (χ2v) is 4.92. The van der Waals surface area contributed by atoms with Gasteiger partial charge >= 0.3 is 0 Å². The second-order valence-electron chi connectivity index (χ2n) is 4.92. The maximum Gasteiger partial charge on any atom is 0.105 e. The summed E-state index contributed by atoms with van der Waals surface area (Å²) in [5.41, 5.74) is 2.75. The summed E-state index contributed by atoms with van der Waals surface area (Å²) in [6, 6.07) is 21.4. The van der Waals surface area contributed by atoms with E-state index in [2.05, 4.69) is 79.4 Å². The van der Waals surface area contributed by atoms with E-state index < -0.39 is 0 Å². The summed E-state index contributed by atoms with van der Waals surface area (Å²) in [6.07, 6.45) is 7.84. The Morgan fingerprint density at radius 2 is 1.43 bits per heavy atom. The molecule has 1 heteroatoms. The molecule has 108 valence electrons. The molecule has 0 saturated heterocycles. The lowest BCUT2D eigenvalue weighted by atomic mass is 9.87. The highest BCUT2D eigenvalue weighted by molar-refractivity contribution is 5.32. The SMILES string of the molecule is C=COC/C=C\CCC(c1ccccc1)c1ccccc1. The van der Waals surface area contributed by atoms with E-state index >= 15 is 0 Å². The van der Waals surface area contributed by atoms with E-state index in [1.807, 2.05) is 0 Å². The molecule has 0 amide bonds. The highest BCUT2D eigenvalue weighted by Crippen LogP contribution is 2.29. The smallest absolute Gasteiger partial charge is 0.105 e. The summed E-state index contributed by atoms with van der Waals surface area (Å²) in [4.78, 5) is 0. The number of hydrogen-bond acceptors (Lipinski definition) is 1. The lowest BCUT2D eigenvalue weighted by Gasteiger charge is -2.17. The highest BCUT2D eigenvalue weighted by atomic mass is 16.5. The third-order valence-corrected chi connectivity index (χ3v) is 3.50. The van der Waals surface area contributed by atoms with E-state index in [0.717, 1.165) is 12.8 Å². The number of ether oxygens (including phenoxy) is 1. The van der Waals surface area contributed by atoms with Gasteiger partial charge < -0.3 is 4.74 Å². The van der Waals surface area contributed by atoms with Crippen molar-refractivity contribution in [3.05, 3.63) is 96.8 Å². The van der Waals surface area contributed by atoms with Crippen LogP contribution in [0.5, 0.6) is 0 Å². The Kier molecular flexibility index (Phi) is 6.34. The molecule has 2 rings (SSSR count). The van der Waals surface area contributed by atoms with Gasteiger partial charge in [0.05, 0.1) is 6.26 Å². The van der Waals surface area contributed by atoms with E-state index in [4.69, 9.17) is 4.74 Å². The van der Waals surface area contributed by atoms with Crippen LogP contribution in [0.1, 0.15) is 29.9 Å². The molecule has 2 aromatic carbocycles. The Balaban J connectivity index is 2.03. The van der Waals surface area contributed by atoms with Gasteiger partial charge in [-0.2, -0.15) is 0 Å². The van der Waals surface area contributed by atoms with E-state index in [9.17, 15) is 0 Å². The monoisotopic (exact) mass is 278 g/mol. The van der Waals surface area contributed by atoms with E-state index in [1.165, 1.54) is 17.4 Å². The lowest BCUT2D eigenvalue weighted by Crippen LogP contribution is -2.00. The van der Waals surface area contributed by atoms with Crippen molar-refractivity contribution in [1.29, 1.82) is 0 Å². The van der Waals surface area contributed by atoms with Crippen molar-refractivity contribution in [2.75, 3.05) is 6.61 Å². The van der Waals surface area contributed by atoms with Gasteiger partial charge in [0, 0.05) is 5.92 Å². The fourth-order valence-corrected chi connectivity index (χ4v) is 2.47. The molecule has 0 spiro atoms. The van der Waals surface area contributed by atoms with E-state index in [1.54, 1.807) is 0 Å². The summed E-state index contributed by atoms with van der Waals surface area (Å²) >= 11 is 0. The van der Waals surface area contributed by atoms with Crippen molar-refractivity contribution in [2.45, 2.75) is 18.8 Å². The molecule has 21 heavy (non-hydrogen) atoms. The Labute approximate surface area is 127 Å². The molecule has 0 aliphatic heterocycles. The lowest BCUT2D eigenvalue weighted by molar-refractivity contribution is 0.291. The number of benzene rings is 2. The van der Waals surface area contributed by atoms with Crippen molar-refractivity contribution in [3.63, 3.8) is 0 Å². The van der Waals surface area contributed by atoms with Crippen molar-refractivity contribution < 1.29 is 4.74 Å². The Morgan fingerprint density at radius 3 is 1.95 bits per heavy atom. The molecule has 2 aromatic rings. The maximum absolute atomic E-state index is 5.09. The highest BCUT2D eigenvalue weighted by Gasteiger charge is 2.12. The molecular formula is C20H22O. The number of allylic oxidation sites excluding steroid dienone is 1. The number of rotatable bonds is 8. The minimum atomic E-state index is 0.442. The molecule has 0 fully saturated rings. The van der Waals surface area contributed by atoms with Gasteiger partial charge in [0.1, 0.15) is 6.61 Å². The van der Waals surface area contributed by atoms with Crippen LogP contribution in [0.3, 0.4) is 0 Å².